The molecule has 4 nitrogen and oxygen atoms in total. The average molecular weight is 342 g/mol. The lowest BCUT2D eigenvalue weighted by molar-refractivity contribution is -0.122. The van der Waals surface area contributed by atoms with Crippen LogP contribution in [0.1, 0.15) is 31.9 Å². The molecule has 0 heterocycles. The number of amides is 1. The van der Waals surface area contributed by atoms with E-state index < -0.39 is 0 Å². The smallest absolute Gasteiger partial charge is 0.234 e. The highest BCUT2D eigenvalue weighted by Gasteiger charge is 2.22. The minimum Gasteiger partial charge on any atom is -0.355 e. The first-order valence-electron chi connectivity index (χ1n) is 6.93. The standard InChI is InChI=1S/C15H24BrN3O/c1-4-9-18-14(20)10-19(3)15(11(2)17)12-5-7-13(16)8-6-12/h5-8,11,15H,4,9-10,17H2,1-3H3,(H,18,20). The van der Waals surface area contributed by atoms with Crippen LogP contribution < -0.4 is 11.1 Å². The Morgan fingerprint density at radius 2 is 2.00 bits per heavy atom. The highest BCUT2D eigenvalue weighted by molar-refractivity contribution is 9.10. The third-order valence-corrected chi connectivity index (χ3v) is 3.68. The van der Waals surface area contributed by atoms with Crippen LogP contribution in [-0.4, -0.2) is 37.0 Å². The summed E-state index contributed by atoms with van der Waals surface area (Å²) < 4.78 is 1.04. The van der Waals surface area contributed by atoms with E-state index >= 15 is 0 Å². The van der Waals surface area contributed by atoms with Gasteiger partial charge in [-0.05, 0) is 38.1 Å². The van der Waals surface area contributed by atoms with E-state index in [1.807, 2.05) is 50.1 Å². The SMILES string of the molecule is CCCNC(=O)CN(C)C(c1ccc(Br)cc1)C(C)N. The molecule has 5 heteroatoms. The number of likely N-dealkylation sites (N-methyl/N-ethyl adjacent to an activating group) is 1. The number of halogens is 1. The van der Waals surface area contributed by atoms with E-state index in [2.05, 4.69) is 21.2 Å². The lowest BCUT2D eigenvalue weighted by Gasteiger charge is -2.31. The van der Waals surface area contributed by atoms with Crippen LogP contribution in [-0.2, 0) is 4.79 Å². The third kappa shape index (κ3) is 5.23. The first-order valence-corrected chi connectivity index (χ1v) is 7.73. The topological polar surface area (TPSA) is 58.4 Å². The molecule has 0 fully saturated rings. The molecular weight excluding hydrogens is 318 g/mol. The minimum atomic E-state index is -0.0554. The minimum absolute atomic E-state index is 0.0236. The third-order valence-electron chi connectivity index (χ3n) is 3.15. The van der Waals surface area contributed by atoms with E-state index in [0.29, 0.717) is 13.1 Å². The van der Waals surface area contributed by atoms with Gasteiger partial charge in [0.2, 0.25) is 5.91 Å². The van der Waals surface area contributed by atoms with Crippen molar-refractivity contribution in [1.82, 2.24) is 10.2 Å². The van der Waals surface area contributed by atoms with Crippen LogP contribution in [0, 0.1) is 0 Å². The van der Waals surface area contributed by atoms with Gasteiger partial charge in [-0.2, -0.15) is 0 Å². The molecule has 0 aliphatic carbocycles. The Labute approximate surface area is 129 Å². The molecule has 0 aliphatic heterocycles. The van der Waals surface area contributed by atoms with Crippen molar-refractivity contribution in [2.24, 2.45) is 5.73 Å². The van der Waals surface area contributed by atoms with Crippen molar-refractivity contribution in [3.05, 3.63) is 34.3 Å². The summed E-state index contributed by atoms with van der Waals surface area (Å²) in [6, 6.07) is 8.04. The second-order valence-electron chi connectivity index (χ2n) is 5.12. The molecular formula is C15H24BrN3O. The molecule has 0 saturated carbocycles. The largest absolute Gasteiger partial charge is 0.355 e. The highest BCUT2D eigenvalue weighted by atomic mass is 79.9. The summed E-state index contributed by atoms with van der Waals surface area (Å²) in [5, 5.41) is 2.89. The molecule has 1 amide bonds. The number of nitrogens with one attached hydrogen (secondary N) is 1. The second-order valence-corrected chi connectivity index (χ2v) is 6.04. The Morgan fingerprint density at radius 1 is 1.40 bits per heavy atom. The molecule has 3 N–H and O–H groups in total. The van der Waals surface area contributed by atoms with Gasteiger partial charge in [-0.3, -0.25) is 9.69 Å². The Bertz CT molecular complexity index is 420. The predicted molar refractivity (Wildman–Crippen MR) is 86.5 cm³/mol. The predicted octanol–water partition coefficient (Wildman–Crippen LogP) is 2.30. The Morgan fingerprint density at radius 3 is 2.50 bits per heavy atom. The van der Waals surface area contributed by atoms with Crippen LogP contribution in [0.15, 0.2) is 28.7 Å². The van der Waals surface area contributed by atoms with Gasteiger partial charge < -0.3 is 11.1 Å². The van der Waals surface area contributed by atoms with Gasteiger partial charge in [-0.15, -0.1) is 0 Å². The fourth-order valence-electron chi connectivity index (χ4n) is 2.26. The number of hydrogen-bond donors (Lipinski definition) is 2. The molecule has 112 valence electrons. The maximum Gasteiger partial charge on any atom is 0.234 e. The van der Waals surface area contributed by atoms with E-state index in [1.165, 1.54) is 0 Å². The second kappa shape index (κ2) is 8.39. The van der Waals surface area contributed by atoms with Gasteiger partial charge in [-0.25, -0.2) is 0 Å². The number of nitrogens with zero attached hydrogens (tertiary/aromatic N) is 1. The zero-order valence-electron chi connectivity index (χ0n) is 12.4. The summed E-state index contributed by atoms with van der Waals surface area (Å²) in [6.45, 7) is 5.07. The van der Waals surface area contributed by atoms with Crippen LogP contribution in [0.5, 0.6) is 0 Å². The van der Waals surface area contributed by atoms with Gasteiger partial charge in [0.05, 0.1) is 6.54 Å². The van der Waals surface area contributed by atoms with Gasteiger partial charge in [0.25, 0.3) is 0 Å². The molecule has 2 atom stereocenters. The zero-order valence-corrected chi connectivity index (χ0v) is 14.0. The Balaban J connectivity index is 2.75. The lowest BCUT2D eigenvalue weighted by Crippen LogP contribution is -2.42. The van der Waals surface area contributed by atoms with E-state index in [1.54, 1.807) is 0 Å². The normalized spacial score (nSPS) is 14.1. The van der Waals surface area contributed by atoms with Gasteiger partial charge in [0, 0.05) is 23.1 Å². The van der Waals surface area contributed by atoms with Crippen molar-refractivity contribution < 1.29 is 4.79 Å². The summed E-state index contributed by atoms with van der Waals surface area (Å²) in [5.41, 5.74) is 7.22. The van der Waals surface area contributed by atoms with E-state index in [9.17, 15) is 4.79 Å². The molecule has 0 radical (unpaired) electrons. The number of rotatable bonds is 7. The van der Waals surface area contributed by atoms with Gasteiger partial charge in [0.15, 0.2) is 0 Å². The molecule has 1 aromatic rings. The lowest BCUT2D eigenvalue weighted by atomic mass is 9.99. The summed E-state index contributed by atoms with van der Waals surface area (Å²) in [6.07, 6.45) is 0.943. The molecule has 0 bridgehead atoms. The highest BCUT2D eigenvalue weighted by Crippen LogP contribution is 2.23. The van der Waals surface area contributed by atoms with Crippen LogP contribution in [0.2, 0.25) is 0 Å². The average Bonchev–Trinajstić information content (AvgIpc) is 2.38. The molecule has 20 heavy (non-hydrogen) atoms. The number of benzene rings is 1. The van der Waals surface area contributed by atoms with E-state index in [4.69, 9.17) is 5.73 Å². The molecule has 2 unspecified atom stereocenters. The molecule has 0 spiro atoms. The summed E-state index contributed by atoms with van der Waals surface area (Å²) in [7, 11) is 1.93. The number of carbonyl (C=O) groups excluding carboxylic acids is 1. The van der Waals surface area contributed by atoms with E-state index in [0.717, 1.165) is 16.5 Å². The van der Waals surface area contributed by atoms with Crippen molar-refractivity contribution in [3.63, 3.8) is 0 Å². The van der Waals surface area contributed by atoms with Crippen LogP contribution in [0.4, 0.5) is 0 Å². The molecule has 0 aliphatic rings. The van der Waals surface area contributed by atoms with Crippen molar-refractivity contribution in [3.8, 4) is 0 Å². The Hall–Kier alpha value is -0.910. The molecule has 1 rings (SSSR count). The fourth-order valence-corrected chi connectivity index (χ4v) is 2.53. The van der Waals surface area contributed by atoms with Crippen LogP contribution in [0.25, 0.3) is 0 Å². The number of carbonyl (C=O) groups is 1. The van der Waals surface area contributed by atoms with Crippen molar-refractivity contribution in [1.29, 1.82) is 0 Å². The number of hydrogen-bond acceptors (Lipinski definition) is 3. The van der Waals surface area contributed by atoms with Gasteiger partial charge in [0.1, 0.15) is 0 Å². The molecule has 0 saturated heterocycles. The van der Waals surface area contributed by atoms with Gasteiger partial charge in [-0.1, -0.05) is 35.0 Å². The summed E-state index contributed by atoms with van der Waals surface area (Å²) in [4.78, 5) is 13.8. The van der Waals surface area contributed by atoms with E-state index in [-0.39, 0.29) is 18.0 Å². The van der Waals surface area contributed by atoms with Crippen molar-refractivity contribution in [2.75, 3.05) is 20.1 Å². The summed E-state index contributed by atoms with van der Waals surface area (Å²) >= 11 is 3.43. The Kier molecular flexibility index (Phi) is 7.19. The maximum absolute atomic E-state index is 11.8. The summed E-state index contributed by atoms with van der Waals surface area (Å²) in [5.74, 6) is 0.0390. The van der Waals surface area contributed by atoms with Crippen LogP contribution >= 0.6 is 15.9 Å². The number of nitrogens with two attached hydrogens (primary N) is 1. The quantitative estimate of drug-likeness (QED) is 0.799. The monoisotopic (exact) mass is 341 g/mol. The van der Waals surface area contributed by atoms with Crippen molar-refractivity contribution >= 4 is 21.8 Å². The van der Waals surface area contributed by atoms with Crippen molar-refractivity contribution in [2.45, 2.75) is 32.4 Å². The molecule has 0 aromatic heterocycles. The zero-order chi connectivity index (χ0) is 15.1. The van der Waals surface area contributed by atoms with Crippen LogP contribution in [0.3, 0.4) is 0 Å². The first kappa shape index (κ1) is 17.1. The maximum atomic E-state index is 11.8. The van der Waals surface area contributed by atoms with Gasteiger partial charge >= 0.3 is 0 Å². The molecule has 1 aromatic carbocycles. The fraction of sp³-hybridized carbons (Fsp3) is 0.533. The first-order chi connectivity index (χ1) is 9.45.